The van der Waals surface area contributed by atoms with E-state index < -0.39 is 20.1 Å². The Morgan fingerprint density at radius 2 is 1.78 bits per heavy atom. The minimum absolute atomic E-state index is 0.0588. The molecule has 1 amide bonds. The van der Waals surface area contributed by atoms with Crippen LogP contribution in [-0.2, 0) is 9.84 Å². The maximum atomic E-state index is 13.5. The summed E-state index contributed by atoms with van der Waals surface area (Å²) in [6.07, 6.45) is 6.98. The van der Waals surface area contributed by atoms with E-state index in [-0.39, 0.29) is 17.4 Å². The summed E-state index contributed by atoms with van der Waals surface area (Å²) in [5.41, 5.74) is 0.811. The molecule has 9 heteroatoms. The van der Waals surface area contributed by atoms with Gasteiger partial charge in [0, 0.05) is 18.8 Å². The predicted molar refractivity (Wildman–Crippen MR) is 146 cm³/mol. The molecule has 3 fully saturated rings. The molecule has 0 atom stereocenters. The fourth-order valence-corrected chi connectivity index (χ4v) is 7.29. The molecule has 3 N–H and O–H groups in total. The number of hydrogen-bond acceptors (Lipinski definition) is 7. The summed E-state index contributed by atoms with van der Waals surface area (Å²) in [6, 6.07) is 10.1. The van der Waals surface area contributed by atoms with E-state index in [9.17, 15) is 18.3 Å². The number of amides is 1. The van der Waals surface area contributed by atoms with E-state index in [0.29, 0.717) is 41.1 Å². The highest BCUT2D eigenvalue weighted by atomic mass is 32.2. The van der Waals surface area contributed by atoms with Gasteiger partial charge in [0.1, 0.15) is 11.6 Å². The van der Waals surface area contributed by atoms with Gasteiger partial charge in [-0.3, -0.25) is 4.79 Å². The largest absolute Gasteiger partial charge is 0.394 e. The third-order valence-corrected chi connectivity index (χ3v) is 11.1. The van der Waals surface area contributed by atoms with Crippen molar-refractivity contribution in [3.8, 4) is 0 Å². The Labute approximate surface area is 219 Å². The molecular weight excluding hydrogens is 488 g/mol. The Kier molecular flexibility index (Phi) is 6.51. The summed E-state index contributed by atoms with van der Waals surface area (Å²) in [6.45, 7) is 7.19. The molecule has 2 aliphatic carbocycles. The van der Waals surface area contributed by atoms with E-state index in [1.54, 1.807) is 43.3 Å². The fraction of sp³-hybridized carbons (Fsp3) is 0.571. The topological polar surface area (TPSA) is 112 Å². The second kappa shape index (κ2) is 9.27. The lowest BCUT2D eigenvalue weighted by Gasteiger charge is -2.37. The van der Waals surface area contributed by atoms with Gasteiger partial charge in [-0.05, 0) is 95.0 Å². The van der Waals surface area contributed by atoms with Gasteiger partial charge in [0.05, 0.1) is 27.4 Å². The van der Waals surface area contributed by atoms with Crippen LogP contribution in [0.2, 0.25) is 0 Å². The molecule has 2 heterocycles. The van der Waals surface area contributed by atoms with Crippen molar-refractivity contribution in [1.82, 2.24) is 4.98 Å². The minimum atomic E-state index is -3.48. The smallest absolute Gasteiger partial charge is 0.259 e. The van der Waals surface area contributed by atoms with Crippen LogP contribution in [0.5, 0.6) is 0 Å². The van der Waals surface area contributed by atoms with Crippen molar-refractivity contribution in [2.75, 3.05) is 35.2 Å². The van der Waals surface area contributed by atoms with Crippen molar-refractivity contribution in [3.05, 3.63) is 42.0 Å². The molecular formula is C28H38N4O4S. The normalized spacial score (nSPS) is 20.3. The van der Waals surface area contributed by atoms with Crippen LogP contribution in [-0.4, -0.2) is 54.4 Å². The molecule has 1 aromatic carbocycles. The van der Waals surface area contributed by atoms with E-state index >= 15 is 0 Å². The lowest BCUT2D eigenvalue weighted by atomic mass is 9.86. The zero-order chi connectivity index (χ0) is 26.5. The SMILES string of the molecule is CC(C)(CO)Nc1ccc(C(=O)Nc2cccc(S(=O)(=O)C3(C)CCC3)c2)c(N2CCC3(CC2)CC3)n1. The fourth-order valence-electron chi connectivity index (χ4n) is 5.36. The molecule has 37 heavy (non-hydrogen) atoms. The van der Waals surface area contributed by atoms with Crippen LogP contribution in [0.3, 0.4) is 0 Å². The van der Waals surface area contributed by atoms with Crippen molar-refractivity contribution in [2.24, 2.45) is 5.41 Å². The number of carbonyl (C=O) groups is 1. The van der Waals surface area contributed by atoms with Gasteiger partial charge in [-0.2, -0.15) is 0 Å². The second-order valence-electron chi connectivity index (χ2n) is 12.0. The first-order valence-electron chi connectivity index (χ1n) is 13.3. The van der Waals surface area contributed by atoms with E-state index in [4.69, 9.17) is 4.98 Å². The van der Waals surface area contributed by atoms with E-state index in [1.165, 1.54) is 12.8 Å². The molecule has 200 valence electrons. The molecule has 1 aromatic heterocycles. The van der Waals surface area contributed by atoms with E-state index in [0.717, 1.165) is 32.4 Å². The third-order valence-electron chi connectivity index (χ3n) is 8.52. The van der Waals surface area contributed by atoms with Gasteiger partial charge in [-0.25, -0.2) is 13.4 Å². The quantitative estimate of drug-likeness (QED) is 0.460. The summed E-state index contributed by atoms with van der Waals surface area (Å²) in [4.78, 5) is 20.7. The van der Waals surface area contributed by atoms with Crippen LogP contribution in [0, 0.1) is 5.41 Å². The van der Waals surface area contributed by atoms with E-state index in [2.05, 4.69) is 15.5 Å². The summed E-state index contributed by atoms with van der Waals surface area (Å²) in [5, 5.41) is 15.9. The van der Waals surface area contributed by atoms with E-state index in [1.807, 2.05) is 13.8 Å². The van der Waals surface area contributed by atoms with Crippen molar-refractivity contribution in [3.63, 3.8) is 0 Å². The van der Waals surface area contributed by atoms with Crippen molar-refractivity contribution in [1.29, 1.82) is 0 Å². The van der Waals surface area contributed by atoms with Gasteiger partial charge in [0.2, 0.25) is 0 Å². The van der Waals surface area contributed by atoms with Crippen LogP contribution < -0.4 is 15.5 Å². The maximum Gasteiger partial charge on any atom is 0.259 e. The number of nitrogens with one attached hydrogen (secondary N) is 2. The van der Waals surface area contributed by atoms with Crippen molar-refractivity contribution < 1.29 is 18.3 Å². The number of nitrogens with zero attached hydrogens (tertiary/aromatic N) is 2. The Morgan fingerprint density at radius 1 is 1.08 bits per heavy atom. The molecule has 8 nitrogen and oxygen atoms in total. The van der Waals surface area contributed by atoms with Gasteiger partial charge >= 0.3 is 0 Å². The Hall–Kier alpha value is -2.65. The highest BCUT2D eigenvalue weighted by Crippen LogP contribution is 2.54. The van der Waals surface area contributed by atoms with Crippen LogP contribution in [0.1, 0.15) is 76.1 Å². The number of aliphatic hydroxyl groups excluding tert-OH is 1. The third kappa shape index (κ3) is 5.08. The average molecular weight is 527 g/mol. The minimum Gasteiger partial charge on any atom is -0.394 e. The Balaban J connectivity index is 1.41. The summed E-state index contributed by atoms with van der Waals surface area (Å²) < 4.78 is 25.6. The number of aromatic nitrogens is 1. The molecule has 2 saturated carbocycles. The van der Waals surface area contributed by atoms with Crippen LogP contribution >= 0.6 is 0 Å². The monoisotopic (exact) mass is 526 g/mol. The standard InChI is InChI=1S/C28H38N4O4S/c1-26(2,19-33)31-23-9-8-22(24(30-23)32-16-14-28(12-13-28)15-17-32)25(34)29-20-6-4-7-21(18-20)37(35,36)27(3)10-5-11-27/h4,6-9,18,33H,5,10-17,19H2,1-3H3,(H,29,34)(H,30,31). The van der Waals surface area contributed by atoms with Gasteiger partial charge in [0.25, 0.3) is 5.91 Å². The molecule has 1 spiro atoms. The first kappa shape index (κ1) is 26.0. The first-order valence-corrected chi connectivity index (χ1v) is 14.8. The molecule has 5 rings (SSSR count). The van der Waals surface area contributed by atoms with Gasteiger partial charge in [0.15, 0.2) is 9.84 Å². The summed E-state index contributed by atoms with van der Waals surface area (Å²) in [5.74, 6) is 0.878. The first-order chi connectivity index (χ1) is 17.5. The number of aliphatic hydroxyl groups is 1. The lowest BCUT2D eigenvalue weighted by molar-refractivity contribution is 0.102. The molecule has 1 saturated heterocycles. The zero-order valence-electron chi connectivity index (χ0n) is 22.0. The highest BCUT2D eigenvalue weighted by Gasteiger charge is 2.46. The zero-order valence-corrected chi connectivity index (χ0v) is 22.8. The number of anilines is 3. The Morgan fingerprint density at radius 3 is 2.38 bits per heavy atom. The van der Waals surface area contributed by atoms with Crippen molar-refractivity contribution >= 4 is 33.1 Å². The summed E-state index contributed by atoms with van der Waals surface area (Å²) >= 11 is 0. The van der Waals surface area contributed by atoms with Crippen molar-refractivity contribution in [2.45, 2.75) is 80.9 Å². The summed E-state index contributed by atoms with van der Waals surface area (Å²) in [7, 11) is -3.48. The van der Waals surface area contributed by atoms with Gasteiger partial charge in [-0.1, -0.05) is 12.5 Å². The number of benzene rings is 1. The number of piperidine rings is 1. The number of pyridine rings is 1. The molecule has 2 aromatic rings. The molecule has 1 aliphatic heterocycles. The van der Waals surface area contributed by atoms with Crippen LogP contribution in [0.25, 0.3) is 0 Å². The lowest BCUT2D eigenvalue weighted by Crippen LogP contribution is -2.42. The Bertz CT molecular complexity index is 1290. The van der Waals surface area contributed by atoms with Gasteiger partial charge in [-0.15, -0.1) is 0 Å². The molecule has 0 bridgehead atoms. The number of hydrogen-bond donors (Lipinski definition) is 3. The van der Waals surface area contributed by atoms with Gasteiger partial charge < -0.3 is 20.6 Å². The number of carbonyl (C=O) groups excluding carboxylic acids is 1. The number of sulfone groups is 1. The molecule has 0 unspecified atom stereocenters. The average Bonchev–Trinajstić information content (AvgIpc) is 3.61. The van der Waals surface area contributed by atoms with Crippen LogP contribution in [0.15, 0.2) is 41.3 Å². The second-order valence-corrected chi connectivity index (χ2v) is 14.5. The maximum absolute atomic E-state index is 13.5. The highest BCUT2D eigenvalue weighted by molar-refractivity contribution is 7.92. The molecule has 3 aliphatic rings. The molecule has 0 radical (unpaired) electrons. The van der Waals surface area contributed by atoms with Crippen LogP contribution in [0.4, 0.5) is 17.3 Å². The predicted octanol–water partition coefficient (Wildman–Crippen LogP) is 4.61. The number of rotatable bonds is 8.